The van der Waals surface area contributed by atoms with Gasteiger partial charge in [0.1, 0.15) is 0 Å². The number of amides is 1. The fraction of sp³-hybridized carbons (Fsp3) is 0. The predicted molar refractivity (Wildman–Crippen MR) is 55.6 cm³/mol. The number of guanidine groups is 1. The molecule has 1 amide bonds. The van der Waals surface area contributed by atoms with Crippen LogP contribution in [0.3, 0.4) is 0 Å². The third-order valence-corrected chi connectivity index (χ3v) is 1.58. The summed E-state index contributed by atoms with van der Waals surface area (Å²) in [5.41, 5.74) is 11.6. The molecule has 0 saturated carbocycles. The van der Waals surface area contributed by atoms with Crippen LogP contribution in [0, 0.1) is 11.5 Å². The Morgan fingerprint density at radius 1 is 1.40 bits per heavy atom. The number of aliphatic imine (C=N–C) groups is 1. The van der Waals surface area contributed by atoms with Gasteiger partial charge in [-0.3, -0.25) is 10.1 Å². The second-order valence-electron chi connectivity index (χ2n) is 2.67. The number of hydrogen-bond acceptors (Lipinski definition) is 4. The molecule has 15 heavy (non-hydrogen) atoms. The van der Waals surface area contributed by atoms with Crippen molar-refractivity contribution in [1.29, 1.82) is 5.26 Å². The first-order chi connectivity index (χ1) is 7.13. The molecule has 6 heteroatoms. The van der Waals surface area contributed by atoms with Crippen LogP contribution in [0.5, 0.6) is 0 Å². The molecule has 0 aliphatic carbocycles. The molecule has 0 unspecified atom stereocenters. The molecular weight excluding hydrogens is 194 g/mol. The number of nitrogens with two attached hydrogens (primary N) is 2. The van der Waals surface area contributed by atoms with E-state index in [0.717, 1.165) is 0 Å². The van der Waals surface area contributed by atoms with Gasteiger partial charge in [0.25, 0.3) is 5.91 Å². The van der Waals surface area contributed by atoms with Crippen LogP contribution in [0.4, 0.5) is 5.69 Å². The van der Waals surface area contributed by atoms with Gasteiger partial charge in [0.05, 0.1) is 0 Å². The molecule has 0 aliphatic heterocycles. The number of nitrogens with one attached hydrogen (secondary N) is 1. The van der Waals surface area contributed by atoms with Gasteiger partial charge in [-0.05, 0) is 24.3 Å². The van der Waals surface area contributed by atoms with Crippen molar-refractivity contribution in [2.24, 2.45) is 10.7 Å². The fourth-order valence-corrected chi connectivity index (χ4v) is 0.905. The largest absolute Gasteiger partial charge is 0.399 e. The number of rotatable bonds is 1. The van der Waals surface area contributed by atoms with Crippen molar-refractivity contribution in [2.75, 3.05) is 5.73 Å². The molecule has 0 spiro atoms. The van der Waals surface area contributed by atoms with Gasteiger partial charge in [0, 0.05) is 11.3 Å². The second-order valence-corrected chi connectivity index (χ2v) is 2.67. The van der Waals surface area contributed by atoms with E-state index in [2.05, 4.69) is 10.3 Å². The second kappa shape index (κ2) is 4.62. The van der Waals surface area contributed by atoms with Crippen LogP contribution in [0.1, 0.15) is 10.4 Å². The lowest BCUT2D eigenvalue weighted by Gasteiger charge is -2.02. The van der Waals surface area contributed by atoms with E-state index in [-0.39, 0.29) is 5.96 Å². The summed E-state index contributed by atoms with van der Waals surface area (Å²) < 4.78 is 0. The van der Waals surface area contributed by atoms with E-state index >= 15 is 0 Å². The number of carbonyl (C=O) groups is 1. The van der Waals surface area contributed by atoms with E-state index < -0.39 is 5.91 Å². The maximum Gasteiger partial charge on any atom is 0.257 e. The molecule has 1 aromatic rings. The third kappa shape index (κ3) is 3.00. The summed E-state index contributed by atoms with van der Waals surface area (Å²) >= 11 is 0. The summed E-state index contributed by atoms with van der Waals surface area (Å²) in [5, 5.41) is 10.4. The van der Waals surface area contributed by atoms with Crippen molar-refractivity contribution in [3.05, 3.63) is 29.8 Å². The summed E-state index contributed by atoms with van der Waals surface area (Å²) in [6, 6.07) is 6.27. The minimum absolute atomic E-state index is 0.237. The first-order valence-corrected chi connectivity index (χ1v) is 4.02. The van der Waals surface area contributed by atoms with Gasteiger partial charge in [0.15, 0.2) is 0 Å². The summed E-state index contributed by atoms with van der Waals surface area (Å²) in [6.07, 6.45) is 1.46. The Kier molecular flexibility index (Phi) is 3.24. The van der Waals surface area contributed by atoms with Crippen LogP contribution in [0.2, 0.25) is 0 Å². The highest BCUT2D eigenvalue weighted by Gasteiger charge is 2.05. The monoisotopic (exact) mass is 203 g/mol. The van der Waals surface area contributed by atoms with Crippen LogP contribution in [-0.4, -0.2) is 11.9 Å². The van der Waals surface area contributed by atoms with Crippen LogP contribution < -0.4 is 16.8 Å². The number of hydrogen-bond donors (Lipinski definition) is 3. The van der Waals surface area contributed by atoms with E-state index in [1.807, 2.05) is 0 Å². The highest BCUT2D eigenvalue weighted by molar-refractivity contribution is 6.05. The number of nitriles is 1. The van der Waals surface area contributed by atoms with E-state index in [1.165, 1.54) is 6.19 Å². The molecule has 0 saturated heterocycles. The van der Waals surface area contributed by atoms with Crippen molar-refractivity contribution >= 4 is 17.6 Å². The number of nitrogens with zero attached hydrogens (tertiary/aromatic N) is 2. The lowest BCUT2D eigenvalue weighted by atomic mass is 10.2. The van der Waals surface area contributed by atoms with E-state index in [1.54, 1.807) is 24.3 Å². The van der Waals surface area contributed by atoms with Crippen molar-refractivity contribution < 1.29 is 4.79 Å². The number of nitrogen functional groups attached to an aromatic ring is 1. The zero-order chi connectivity index (χ0) is 11.3. The average Bonchev–Trinajstić information content (AvgIpc) is 2.18. The van der Waals surface area contributed by atoms with E-state index in [0.29, 0.717) is 11.3 Å². The molecule has 5 N–H and O–H groups in total. The maximum atomic E-state index is 11.4. The average molecular weight is 203 g/mol. The Bertz CT molecular complexity index is 429. The maximum absolute atomic E-state index is 11.4. The lowest BCUT2D eigenvalue weighted by Crippen LogP contribution is -2.36. The Labute approximate surface area is 86.2 Å². The minimum atomic E-state index is -0.438. The van der Waals surface area contributed by atoms with Crippen LogP contribution in [0.15, 0.2) is 29.3 Å². The van der Waals surface area contributed by atoms with E-state index in [4.69, 9.17) is 16.7 Å². The number of anilines is 1. The fourth-order valence-electron chi connectivity index (χ4n) is 0.905. The highest BCUT2D eigenvalue weighted by atomic mass is 16.1. The molecule has 0 atom stereocenters. The Hall–Kier alpha value is -2.55. The third-order valence-electron chi connectivity index (χ3n) is 1.58. The number of benzene rings is 1. The van der Waals surface area contributed by atoms with Crippen LogP contribution >= 0.6 is 0 Å². The molecule has 1 aromatic carbocycles. The van der Waals surface area contributed by atoms with Gasteiger partial charge in [-0.1, -0.05) is 0 Å². The first kappa shape index (κ1) is 10.5. The number of carbonyl (C=O) groups excluding carboxylic acids is 1. The quantitative estimate of drug-likeness (QED) is 0.253. The minimum Gasteiger partial charge on any atom is -0.399 e. The van der Waals surface area contributed by atoms with Crippen LogP contribution in [0.25, 0.3) is 0 Å². The van der Waals surface area contributed by atoms with E-state index in [9.17, 15) is 4.79 Å². The van der Waals surface area contributed by atoms with Gasteiger partial charge in [-0.25, -0.2) is 0 Å². The molecule has 6 nitrogen and oxygen atoms in total. The Balaban J connectivity index is 2.75. The zero-order valence-corrected chi connectivity index (χ0v) is 7.77. The molecule has 0 heterocycles. The normalized spacial score (nSPS) is 10.5. The topological polar surface area (TPSA) is 117 Å². The molecule has 0 bridgehead atoms. The zero-order valence-electron chi connectivity index (χ0n) is 7.77. The molecule has 1 rings (SSSR count). The van der Waals surface area contributed by atoms with Crippen molar-refractivity contribution in [3.63, 3.8) is 0 Å². The molecular formula is C9H9N5O. The molecule has 0 radical (unpaired) electrons. The molecule has 0 fully saturated rings. The predicted octanol–water partition coefficient (Wildman–Crippen LogP) is -0.206. The highest BCUT2D eigenvalue weighted by Crippen LogP contribution is 2.04. The Morgan fingerprint density at radius 2 is 2.00 bits per heavy atom. The van der Waals surface area contributed by atoms with Crippen molar-refractivity contribution in [1.82, 2.24) is 5.32 Å². The van der Waals surface area contributed by atoms with Gasteiger partial charge in [-0.2, -0.15) is 5.26 Å². The summed E-state index contributed by atoms with van der Waals surface area (Å²) in [5.74, 6) is -0.675. The smallest absolute Gasteiger partial charge is 0.257 e. The molecule has 0 aliphatic rings. The molecule has 0 aromatic heterocycles. The molecule has 76 valence electrons. The van der Waals surface area contributed by atoms with Crippen molar-refractivity contribution in [2.45, 2.75) is 0 Å². The van der Waals surface area contributed by atoms with Crippen LogP contribution in [-0.2, 0) is 0 Å². The van der Waals surface area contributed by atoms with Gasteiger partial charge in [-0.15, -0.1) is 4.99 Å². The first-order valence-electron chi connectivity index (χ1n) is 4.02. The van der Waals surface area contributed by atoms with Gasteiger partial charge < -0.3 is 11.5 Å². The standard InChI is InChI=1S/C9H9N5O/c10-5-13-9(12)14-8(15)6-1-3-7(11)4-2-6/h1-4H,11H2,(H3,12,13,14,15). The van der Waals surface area contributed by atoms with Gasteiger partial charge >= 0.3 is 0 Å². The van der Waals surface area contributed by atoms with Gasteiger partial charge in [0.2, 0.25) is 12.2 Å². The SMILES string of the molecule is N#CN=C(N)NC(=O)c1ccc(N)cc1. The Morgan fingerprint density at radius 3 is 2.53 bits per heavy atom. The lowest BCUT2D eigenvalue weighted by molar-refractivity contribution is 0.0976. The van der Waals surface area contributed by atoms with Crippen molar-refractivity contribution in [3.8, 4) is 6.19 Å². The summed E-state index contributed by atoms with van der Waals surface area (Å²) in [4.78, 5) is 14.6. The summed E-state index contributed by atoms with van der Waals surface area (Å²) in [7, 11) is 0. The summed E-state index contributed by atoms with van der Waals surface area (Å²) in [6.45, 7) is 0.